The molecular weight excluding hydrogens is 204 g/mol. The molecule has 2 N–H and O–H groups in total. The maximum Gasteiger partial charge on any atom is 0.0698 e. The molecule has 0 atom stereocenters. The van der Waals surface area contributed by atoms with Gasteiger partial charge in [-0.15, -0.1) is 0 Å². The largest absolute Gasteiger partial charge is 0.394 e. The lowest BCUT2D eigenvalue weighted by atomic mass is 10.2. The van der Waals surface area contributed by atoms with Crippen molar-refractivity contribution in [2.24, 2.45) is 0 Å². The van der Waals surface area contributed by atoms with Crippen LogP contribution in [0.1, 0.15) is 27.7 Å². The first-order valence-electron chi connectivity index (χ1n) is 6.24. The molecule has 0 aromatic rings. The molecule has 0 spiro atoms. The van der Waals surface area contributed by atoms with Gasteiger partial charge in [0.1, 0.15) is 0 Å². The lowest BCUT2D eigenvalue weighted by Gasteiger charge is -2.30. The van der Waals surface area contributed by atoms with Crippen molar-refractivity contribution >= 4 is 0 Å². The second-order valence-corrected chi connectivity index (χ2v) is 4.51. The Labute approximate surface area is 100.0 Å². The second-order valence-electron chi connectivity index (χ2n) is 4.51. The van der Waals surface area contributed by atoms with Crippen LogP contribution in [0.4, 0.5) is 0 Å². The molecule has 0 heterocycles. The number of nitrogens with zero attached hydrogens (tertiary/aromatic N) is 1. The van der Waals surface area contributed by atoms with Crippen LogP contribution in [0.3, 0.4) is 0 Å². The van der Waals surface area contributed by atoms with E-state index in [0.717, 1.165) is 19.6 Å². The minimum absolute atomic E-state index is 0.106. The van der Waals surface area contributed by atoms with E-state index in [4.69, 9.17) is 9.84 Å². The Kier molecular flexibility index (Phi) is 9.92. The van der Waals surface area contributed by atoms with Crippen LogP contribution in [0.15, 0.2) is 0 Å². The molecule has 0 saturated heterocycles. The van der Waals surface area contributed by atoms with Crippen molar-refractivity contribution in [3.63, 3.8) is 0 Å². The van der Waals surface area contributed by atoms with E-state index in [9.17, 15) is 0 Å². The third-order valence-corrected chi connectivity index (χ3v) is 2.53. The van der Waals surface area contributed by atoms with E-state index in [-0.39, 0.29) is 6.61 Å². The van der Waals surface area contributed by atoms with Crippen molar-refractivity contribution in [3.8, 4) is 0 Å². The van der Waals surface area contributed by atoms with Gasteiger partial charge in [-0.25, -0.2) is 0 Å². The second kappa shape index (κ2) is 10.0. The van der Waals surface area contributed by atoms with Gasteiger partial charge >= 0.3 is 0 Å². The predicted octanol–water partition coefficient (Wildman–Crippen LogP) is 0.704. The van der Waals surface area contributed by atoms with Crippen molar-refractivity contribution < 1.29 is 9.84 Å². The molecule has 0 aliphatic heterocycles. The van der Waals surface area contributed by atoms with Crippen molar-refractivity contribution in [1.29, 1.82) is 0 Å². The molecular formula is C12H28N2O2. The first-order valence-corrected chi connectivity index (χ1v) is 6.24. The molecule has 0 aliphatic carbocycles. The third kappa shape index (κ3) is 8.05. The van der Waals surface area contributed by atoms with Crippen molar-refractivity contribution in [1.82, 2.24) is 10.2 Å². The third-order valence-electron chi connectivity index (χ3n) is 2.53. The smallest absolute Gasteiger partial charge is 0.0698 e. The SMILES string of the molecule is CC(C)N(CCNCCOCCO)C(C)C. The van der Waals surface area contributed by atoms with E-state index in [2.05, 4.69) is 37.9 Å². The standard InChI is InChI=1S/C12H28N2O2/c1-11(2)14(12(3)4)7-5-13-6-9-16-10-8-15/h11-13,15H,5-10H2,1-4H3. The van der Waals surface area contributed by atoms with Crippen LogP contribution in [0.25, 0.3) is 0 Å². The summed E-state index contributed by atoms with van der Waals surface area (Å²) in [5.41, 5.74) is 0. The van der Waals surface area contributed by atoms with E-state index in [1.807, 2.05) is 0 Å². The summed E-state index contributed by atoms with van der Waals surface area (Å²) in [7, 11) is 0. The van der Waals surface area contributed by atoms with Gasteiger partial charge in [0.15, 0.2) is 0 Å². The Balaban J connectivity index is 3.41. The molecule has 98 valence electrons. The average Bonchev–Trinajstić information content (AvgIpc) is 2.21. The highest BCUT2D eigenvalue weighted by Crippen LogP contribution is 2.02. The van der Waals surface area contributed by atoms with Crippen molar-refractivity contribution in [2.75, 3.05) is 39.5 Å². The summed E-state index contributed by atoms with van der Waals surface area (Å²) in [5.74, 6) is 0. The first kappa shape index (κ1) is 15.8. The zero-order chi connectivity index (χ0) is 12.4. The number of hydrogen-bond acceptors (Lipinski definition) is 4. The number of aliphatic hydroxyl groups is 1. The highest BCUT2D eigenvalue weighted by atomic mass is 16.5. The summed E-state index contributed by atoms with van der Waals surface area (Å²) >= 11 is 0. The lowest BCUT2D eigenvalue weighted by molar-refractivity contribution is 0.0929. The van der Waals surface area contributed by atoms with Gasteiger partial charge in [-0.2, -0.15) is 0 Å². The maximum atomic E-state index is 8.51. The summed E-state index contributed by atoms with van der Waals surface area (Å²) < 4.78 is 5.16. The maximum absolute atomic E-state index is 8.51. The molecule has 0 aromatic carbocycles. The molecule has 4 heteroatoms. The fraction of sp³-hybridized carbons (Fsp3) is 1.00. The van der Waals surface area contributed by atoms with Gasteiger partial charge in [-0.05, 0) is 27.7 Å². The van der Waals surface area contributed by atoms with Crippen LogP contribution >= 0.6 is 0 Å². The van der Waals surface area contributed by atoms with E-state index in [1.165, 1.54) is 0 Å². The number of aliphatic hydroxyl groups excluding tert-OH is 1. The Bertz CT molecular complexity index is 144. The normalized spacial score (nSPS) is 12.0. The van der Waals surface area contributed by atoms with Gasteiger partial charge in [0, 0.05) is 31.7 Å². The highest BCUT2D eigenvalue weighted by molar-refractivity contribution is 4.68. The van der Waals surface area contributed by atoms with Crippen LogP contribution in [0, 0.1) is 0 Å². The van der Waals surface area contributed by atoms with Crippen LogP contribution in [-0.2, 0) is 4.74 Å². The number of rotatable bonds is 10. The molecule has 0 saturated carbocycles. The Hall–Kier alpha value is -0.160. The van der Waals surface area contributed by atoms with Gasteiger partial charge in [0.2, 0.25) is 0 Å². The highest BCUT2D eigenvalue weighted by Gasteiger charge is 2.11. The average molecular weight is 232 g/mol. The van der Waals surface area contributed by atoms with E-state index in [1.54, 1.807) is 0 Å². The molecule has 0 fully saturated rings. The van der Waals surface area contributed by atoms with Crippen LogP contribution in [-0.4, -0.2) is 61.5 Å². The molecule has 0 unspecified atom stereocenters. The van der Waals surface area contributed by atoms with Gasteiger partial charge in [-0.1, -0.05) is 0 Å². The molecule has 4 nitrogen and oxygen atoms in total. The summed E-state index contributed by atoms with van der Waals surface area (Å²) in [6.07, 6.45) is 0. The Morgan fingerprint density at radius 1 is 1.06 bits per heavy atom. The molecule has 0 amide bonds. The summed E-state index contributed by atoms with van der Waals surface area (Å²) in [6.45, 7) is 13.0. The fourth-order valence-electron chi connectivity index (χ4n) is 1.76. The van der Waals surface area contributed by atoms with Crippen molar-refractivity contribution in [2.45, 2.75) is 39.8 Å². The van der Waals surface area contributed by atoms with E-state index in [0.29, 0.717) is 25.3 Å². The summed E-state index contributed by atoms with van der Waals surface area (Å²) in [5, 5.41) is 11.8. The van der Waals surface area contributed by atoms with Crippen LogP contribution in [0.2, 0.25) is 0 Å². The van der Waals surface area contributed by atoms with Crippen molar-refractivity contribution in [3.05, 3.63) is 0 Å². The van der Waals surface area contributed by atoms with Crippen LogP contribution < -0.4 is 5.32 Å². The monoisotopic (exact) mass is 232 g/mol. The van der Waals surface area contributed by atoms with Gasteiger partial charge < -0.3 is 15.2 Å². The van der Waals surface area contributed by atoms with E-state index < -0.39 is 0 Å². The number of nitrogens with one attached hydrogen (secondary N) is 1. The number of ether oxygens (including phenoxy) is 1. The Morgan fingerprint density at radius 3 is 2.19 bits per heavy atom. The topological polar surface area (TPSA) is 44.7 Å². The minimum Gasteiger partial charge on any atom is -0.394 e. The van der Waals surface area contributed by atoms with Gasteiger partial charge in [0.05, 0.1) is 19.8 Å². The van der Waals surface area contributed by atoms with Gasteiger partial charge in [-0.3, -0.25) is 4.90 Å². The lowest BCUT2D eigenvalue weighted by Crippen LogP contribution is -2.41. The minimum atomic E-state index is 0.106. The summed E-state index contributed by atoms with van der Waals surface area (Å²) in [4.78, 5) is 2.46. The fourth-order valence-corrected chi connectivity index (χ4v) is 1.76. The molecule has 16 heavy (non-hydrogen) atoms. The zero-order valence-electron chi connectivity index (χ0n) is 11.2. The van der Waals surface area contributed by atoms with Gasteiger partial charge in [0.25, 0.3) is 0 Å². The molecule has 0 aromatic heterocycles. The quantitative estimate of drug-likeness (QED) is 0.544. The first-order chi connectivity index (χ1) is 7.59. The Morgan fingerprint density at radius 2 is 1.69 bits per heavy atom. The molecule has 0 bridgehead atoms. The van der Waals surface area contributed by atoms with Crippen LogP contribution in [0.5, 0.6) is 0 Å². The predicted molar refractivity (Wildman–Crippen MR) is 67.8 cm³/mol. The number of hydrogen-bond donors (Lipinski definition) is 2. The molecule has 0 rings (SSSR count). The zero-order valence-corrected chi connectivity index (χ0v) is 11.2. The molecule has 0 radical (unpaired) electrons. The van der Waals surface area contributed by atoms with E-state index >= 15 is 0 Å². The molecule has 0 aliphatic rings. The summed E-state index contributed by atoms with van der Waals surface area (Å²) in [6, 6.07) is 1.18.